The molecule has 0 saturated carbocycles. The van der Waals surface area contributed by atoms with Crippen molar-refractivity contribution in [2.75, 3.05) is 23.1 Å². The molecule has 30 heavy (non-hydrogen) atoms. The van der Waals surface area contributed by atoms with Crippen molar-refractivity contribution in [3.63, 3.8) is 0 Å². The molecule has 156 valence electrons. The first-order valence-corrected chi connectivity index (χ1v) is 9.85. The highest BCUT2D eigenvalue weighted by atomic mass is 16.5. The van der Waals surface area contributed by atoms with E-state index >= 15 is 0 Å². The van der Waals surface area contributed by atoms with E-state index in [1.54, 1.807) is 0 Å². The minimum atomic E-state index is -0.201. The third-order valence-corrected chi connectivity index (χ3v) is 4.30. The third-order valence-electron chi connectivity index (χ3n) is 4.30. The zero-order valence-electron chi connectivity index (χ0n) is 16.9. The largest absolute Gasteiger partial charge is 0.494 e. The molecule has 0 aliphatic rings. The number of amides is 1. The quantitative estimate of drug-likeness (QED) is 0.300. The molecule has 3 aromatic rings. The molecule has 0 atom stereocenters. The number of hydrazine groups is 1. The van der Waals surface area contributed by atoms with Crippen LogP contribution in [0.25, 0.3) is 0 Å². The Bertz CT molecular complexity index is 948. The van der Waals surface area contributed by atoms with E-state index < -0.39 is 0 Å². The van der Waals surface area contributed by atoms with Gasteiger partial charge in [-0.25, -0.2) is 9.97 Å². The second kappa shape index (κ2) is 10.7. The molecule has 1 aromatic heterocycles. The molecule has 0 aliphatic carbocycles. The first kappa shape index (κ1) is 20.9. The summed E-state index contributed by atoms with van der Waals surface area (Å²) in [4.78, 5) is 20.4. The van der Waals surface area contributed by atoms with Crippen LogP contribution >= 0.6 is 0 Å². The highest BCUT2D eigenvalue weighted by Gasteiger charge is 2.10. The van der Waals surface area contributed by atoms with Gasteiger partial charge in [0.15, 0.2) is 11.6 Å². The first-order chi connectivity index (χ1) is 14.7. The molecule has 0 aliphatic heterocycles. The highest BCUT2D eigenvalue weighted by Crippen LogP contribution is 2.26. The Morgan fingerprint density at radius 1 is 1.03 bits per heavy atom. The second-order valence-corrected chi connectivity index (χ2v) is 6.67. The van der Waals surface area contributed by atoms with Crippen LogP contribution in [0.4, 0.5) is 23.0 Å². The predicted molar refractivity (Wildman–Crippen MR) is 118 cm³/mol. The Balaban J connectivity index is 1.57. The Morgan fingerprint density at radius 2 is 1.77 bits per heavy atom. The maximum atomic E-state index is 12.1. The van der Waals surface area contributed by atoms with Crippen LogP contribution in [0.1, 0.15) is 25.3 Å². The number of carbonyl (C=O) groups is 1. The van der Waals surface area contributed by atoms with Crippen LogP contribution in [0.3, 0.4) is 0 Å². The summed E-state index contributed by atoms with van der Waals surface area (Å²) >= 11 is 0. The fourth-order valence-electron chi connectivity index (χ4n) is 2.65. The molecule has 8 heteroatoms. The number of rotatable bonds is 10. The summed E-state index contributed by atoms with van der Waals surface area (Å²) in [6.45, 7) is 2.83. The van der Waals surface area contributed by atoms with E-state index in [1.807, 2.05) is 54.6 Å². The number of hydrogen-bond donors (Lipinski definition) is 4. The van der Waals surface area contributed by atoms with Crippen molar-refractivity contribution >= 4 is 28.9 Å². The molecule has 0 spiro atoms. The molecule has 5 N–H and O–H groups in total. The zero-order chi connectivity index (χ0) is 21.2. The van der Waals surface area contributed by atoms with E-state index in [0.29, 0.717) is 23.9 Å². The molecule has 0 saturated heterocycles. The summed E-state index contributed by atoms with van der Waals surface area (Å²) in [5.74, 6) is 1.36. The standard InChI is InChI=1S/C22H26N6O2/c1-2-3-13-30-18-11-9-17(10-12-18)26-21-20(23)22(25-15-24-21)28-27-19(29)14-16-7-5-4-6-8-16/h4-12,15H,2-3,13-14,23H2,1H3,(H,27,29)(H2,24,25,26,28). The summed E-state index contributed by atoms with van der Waals surface area (Å²) in [5.41, 5.74) is 13.5. The van der Waals surface area contributed by atoms with Crippen molar-refractivity contribution in [3.05, 3.63) is 66.5 Å². The lowest BCUT2D eigenvalue weighted by Crippen LogP contribution is -2.31. The number of unbranched alkanes of at least 4 members (excludes halogenated alkanes) is 1. The first-order valence-electron chi connectivity index (χ1n) is 9.85. The fraction of sp³-hybridized carbons (Fsp3) is 0.227. The SMILES string of the molecule is CCCCOc1ccc(Nc2ncnc(NNC(=O)Cc3ccccc3)c2N)cc1. The Labute approximate surface area is 175 Å². The summed E-state index contributed by atoms with van der Waals surface area (Å²) < 4.78 is 5.66. The smallest absolute Gasteiger partial charge is 0.242 e. The Hall–Kier alpha value is -3.81. The number of nitrogen functional groups attached to an aromatic ring is 1. The normalized spacial score (nSPS) is 10.3. The van der Waals surface area contributed by atoms with Gasteiger partial charge in [0.05, 0.1) is 13.0 Å². The van der Waals surface area contributed by atoms with Crippen molar-refractivity contribution in [3.8, 4) is 5.75 Å². The maximum Gasteiger partial charge on any atom is 0.242 e. The molecule has 2 aromatic carbocycles. The molecule has 1 amide bonds. The van der Waals surface area contributed by atoms with Gasteiger partial charge in [0, 0.05) is 5.69 Å². The molecule has 8 nitrogen and oxygen atoms in total. The van der Waals surface area contributed by atoms with Crippen LogP contribution in [0.15, 0.2) is 60.9 Å². The Morgan fingerprint density at radius 3 is 2.50 bits per heavy atom. The van der Waals surface area contributed by atoms with E-state index in [9.17, 15) is 4.79 Å². The zero-order valence-corrected chi connectivity index (χ0v) is 16.9. The molecule has 1 heterocycles. The lowest BCUT2D eigenvalue weighted by atomic mass is 10.1. The number of nitrogens with one attached hydrogen (secondary N) is 3. The number of nitrogens with two attached hydrogens (primary N) is 1. The van der Waals surface area contributed by atoms with Gasteiger partial charge in [-0.1, -0.05) is 43.7 Å². The monoisotopic (exact) mass is 406 g/mol. The molecule has 0 radical (unpaired) electrons. The van der Waals surface area contributed by atoms with Crippen LogP contribution in [0.5, 0.6) is 5.75 Å². The van der Waals surface area contributed by atoms with E-state index in [2.05, 4.69) is 33.1 Å². The summed E-state index contributed by atoms with van der Waals surface area (Å²) in [6.07, 6.45) is 3.73. The average Bonchev–Trinajstić information content (AvgIpc) is 2.76. The van der Waals surface area contributed by atoms with Gasteiger partial charge in [-0.2, -0.15) is 0 Å². The molecule has 0 bridgehead atoms. The number of carbonyl (C=O) groups excluding carboxylic acids is 1. The number of ether oxygens (including phenoxy) is 1. The lowest BCUT2D eigenvalue weighted by molar-refractivity contribution is -0.119. The average molecular weight is 406 g/mol. The van der Waals surface area contributed by atoms with Crippen molar-refractivity contribution in [1.82, 2.24) is 15.4 Å². The van der Waals surface area contributed by atoms with E-state index in [4.69, 9.17) is 10.5 Å². The van der Waals surface area contributed by atoms with Gasteiger partial charge in [0.2, 0.25) is 5.91 Å². The molecule has 3 rings (SSSR count). The van der Waals surface area contributed by atoms with E-state index in [-0.39, 0.29) is 12.3 Å². The minimum Gasteiger partial charge on any atom is -0.494 e. The number of benzene rings is 2. The van der Waals surface area contributed by atoms with Gasteiger partial charge in [-0.05, 0) is 36.2 Å². The van der Waals surface area contributed by atoms with Gasteiger partial charge in [0.1, 0.15) is 17.8 Å². The lowest BCUT2D eigenvalue weighted by Gasteiger charge is -2.13. The summed E-state index contributed by atoms with van der Waals surface area (Å²) in [6, 6.07) is 17.0. The van der Waals surface area contributed by atoms with E-state index in [1.165, 1.54) is 6.33 Å². The number of aromatic nitrogens is 2. The van der Waals surface area contributed by atoms with Gasteiger partial charge >= 0.3 is 0 Å². The van der Waals surface area contributed by atoms with Crippen molar-refractivity contribution < 1.29 is 9.53 Å². The predicted octanol–water partition coefficient (Wildman–Crippen LogP) is 3.67. The fourth-order valence-corrected chi connectivity index (χ4v) is 2.65. The van der Waals surface area contributed by atoms with Gasteiger partial charge in [-0.15, -0.1) is 0 Å². The van der Waals surface area contributed by atoms with Crippen molar-refractivity contribution in [2.24, 2.45) is 0 Å². The molecule has 0 fully saturated rings. The summed E-state index contributed by atoms with van der Waals surface area (Å²) in [5, 5.41) is 3.15. The van der Waals surface area contributed by atoms with Gasteiger partial charge in [-0.3, -0.25) is 15.6 Å². The van der Waals surface area contributed by atoms with Crippen LogP contribution < -0.4 is 26.6 Å². The molecule has 0 unspecified atom stereocenters. The van der Waals surface area contributed by atoms with Crippen LogP contribution in [0.2, 0.25) is 0 Å². The Kier molecular flexibility index (Phi) is 7.43. The van der Waals surface area contributed by atoms with Crippen LogP contribution in [0, 0.1) is 0 Å². The van der Waals surface area contributed by atoms with Crippen LogP contribution in [-0.4, -0.2) is 22.5 Å². The van der Waals surface area contributed by atoms with Gasteiger partial charge in [0.25, 0.3) is 0 Å². The number of hydrogen-bond acceptors (Lipinski definition) is 7. The minimum absolute atomic E-state index is 0.201. The molecular formula is C22H26N6O2. The van der Waals surface area contributed by atoms with Crippen molar-refractivity contribution in [2.45, 2.75) is 26.2 Å². The summed E-state index contributed by atoms with van der Waals surface area (Å²) in [7, 11) is 0. The van der Waals surface area contributed by atoms with Crippen LogP contribution in [-0.2, 0) is 11.2 Å². The van der Waals surface area contributed by atoms with Crippen molar-refractivity contribution in [1.29, 1.82) is 0 Å². The number of anilines is 4. The van der Waals surface area contributed by atoms with Gasteiger partial charge < -0.3 is 15.8 Å². The topological polar surface area (TPSA) is 114 Å². The highest BCUT2D eigenvalue weighted by molar-refractivity contribution is 5.82. The third kappa shape index (κ3) is 6.10. The maximum absolute atomic E-state index is 12.1. The number of nitrogens with zero attached hydrogens (tertiary/aromatic N) is 2. The molecular weight excluding hydrogens is 380 g/mol. The second-order valence-electron chi connectivity index (χ2n) is 6.67. The van der Waals surface area contributed by atoms with E-state index in [0.717, 1.165) is 29.8 Å².